The Hall–Kier alpha value is -6.97. The lowest BCUT2D eigenvalue weighted by atomic mass is 9.92. The van der Waals surface area contributed by atoms with Crippen molar-refractivity contribution in [3.8, 4) is 33.4 Å². The van der Waals surface area contributed by atoms with Crippen molar-refractivity contribution in [2.45, 2.75) is 0 Å². The Morgan fingerprint density at radius 1 is 0.385 bits per heavy atom. The van der Waals surface area contributed by atoms with E-state index >= 15 is 0 Å². The van der Waals surface area contributed by atoms with Crippen molar-refractivity contribution >= 4 is 60.5 Å². The van der Waals surface area contributed by atoms with Gasteiger partial charge in [-0.25, -0.2) is 0 Å². The molecule has 8 aromatic carbocycles. The molecular formula is C49H32N2O. The smallest absolute Gasteiger partial charge is 0.143 e. The molecule has 10 rings (SSSR count). The second-order valence-corrected chi connectivity index (χ2v) is 13.2. The first-order valence-electron chi connectivity index (χ1n) is 17.6. The van der Waals surface area contributed by atoms with Gasteiger partial charge in [0.1, 0.15) is 11.2 Å². The Kier molecular flexibility index (Phi) is 7.14. The molecule has 0 fully saturated rings. The van der Waals surface area contributed by atoms with Crippen LogP contribution in [-0.4, -0.2) is 4.98 Å². The predicted molar refractivity (Wildman–Crippen MR) is 218 cm³/mol. The van der Waals surface area contributed by atoms with E-state index in [1.54, 1.807) is 6.20 Å². The number of pyridine rings is 1. The van der Waals surface area contributed by atoms with Gasteiger partial charge in [0, 0.05) is 45.6 Å². The molecule has 0 aliphatic heterocycles. The van der Waals surface area contributed by atoms with Gasteiger partial charge in [0.05, 0.1) is 0 Å². The second kappa shape index (κ2) is 12.4. The van der Waals surface area contributed by atoms with Crippen LogP contribution in [-0.2, 0) is 0 Å². The van der Waals surface area contributed by atoms with Crippen LogP contribution in [0.1, 0.15) is 0 Å². The summed E-state index contributed by atoms with van der Waals surface area (Å²) in [6.45, 7) is 0. The number of hydrogen-bond donors (Lipinski definition) is 0. The lowest BCUT2D eigenvalue weighted by Crippen LogP contribution is -2.10. The van der Waals surface area contributed by atoms with Gasteiger partial charge in [-0.3, -0.25) is 4.98 Å². The zero-order valence-corrected chi connectivity index (χ0v) is 28.3. The Morgan fingerprint density at radius 2 is 1.08 bits per heavy atom. The van der Waals surface area contributed by atoms with Crippen molar-refractivity contribution in [1.29, 1.82) is 0 Å². The van der Waals surface area contributed by atoms with Crippen LogP contribution in [0.15, 0.2) is 199 Å². The third kappa shape index (κ3) is 5.19. The van der Waals surface area contributed by atoms with Crippen LogP contribution in [0.25, 0.3) is 76.9 Å². The molecule has 0 radical (unpaired) electrons. The van der Waals surface area contributed by atoms with Crippen LogP contribution in [0.4, 0.5) is 17.1 Å². The van der Waals surface area contributed by atoms with Crippen LogP contribution >= 0.6 is 0 Å². The van der Waals surface area contributed by atoms with Crippen LogP contribution in [0.5, 0.6) is 0 Å². The van der Waals surface area contributed by atoms with Crippen LogP contribution in [0, 0.1) is 0 Å². The fraction of sp³-hybridized carbons (Fsp3) is 0. The third-order valence-corrected chi connectivity index (χ3v) is 10.1. The number of furan rings is 1. The second-order valence-electron chi connectivity index (χ2n) is 13.2. The van der Waals surface area contributed by atoms with Gasteiger partial charge in [-0.05, 0) is 110 Å². The average Bonchev–Trinajstić information content (AvgIpc) is 3.61. The van der Waals surface area contributed by atoms with E-state index in [0.29, 0.717) is 0 Å². The molecule has 0 bridgehead atoms. The Bertz CT molecular complexity index is 2910. The SMILES string of the molecule is c1ccc(-c2cccc(N(c3ccc(-c4ccccc4)c(-c4ccc5ccccc5c4)c3)c3ccc4c(ccc5c6cnccc6oc45)c3)c2)cc1. The maximum Gasteiger partial charge on any atom is 0.143 e. The zero-order chi connectivity index (χ0) is 34.4. The predicted octanol–water partition coefficient (Wildman–Crippen LogP) is 13.8. The number of aromatic nitrogens is 1. The molecule has 2 heterocycles. The first-order valence-corrected chi connectivity index (χ1v) is 17.6. The van der Waals surface area contributed by atoms with Gasteiger partial charge in [0.15, 0.2) is 0 Å². The van der Waals surface area contributed by atoms with Crippen molar-refractivity contribution in [2.75, 3.05) is 4.90 Å². The monoisotopic (exact) mass is 664 g/mol. The van der Waals surface area contributed by atoms with Gasteiger partial charge in [-0.15, -0.1) is 0 Å². The van der Waals surface area contributed by atoms with Crippen LogP contribution in [0.3, 0.4) is 0 Å². The summed E-state index contributed by atoms with van der Waals surface area (Å²) in [5.41, 5.74) is 12.0. The number of rotatable bonds is 6. The number of nitrogens with zero attached hydrogens (tertiary/aromatic N) is 2. The highest BCUT2D eigenvalue weighted by atomic mass is 16.3. The van der Waals surface area contributed by atoms with Gasteiger partial charge in [0.2, 0.25) is 0 Å². The van der Waals surface area contributed by atoms with Crippen molar-refractivity contribution in [2.24, 2.45) is 0 Å². The summed E-state index contributed by atoms with van der Waals surface area (Å²) in [4.78, 5) is 6.72. The Morgan fingerprint density at radius 3 is 1.94 bits per heavy atom. The maximum absolute atomic E-state index is 6.40. The molecule has 2 aromatic heterocycles. The molecule has 0 N–H and O–H groups in total. The van der Waals surface area contributed by atoms with E-state index in [1.165, 1.54) is 38.6 Å². The first-order chi connectivity index (χ1) is 25.8. The highest BCUT2D eigenvalue weighted by Gasteiger charge is 2.19. The quantitative estimate of drug-likeness (QED) is 0.177. The molecule has 0 saturated carbocycles. The van der Waals surface area contributed by atoms with Gasteiger partial charge < -0.3 is 9.32 Å². The normalized spacial score (nSPS) is 11.5. The molecule has 3 heteroatoms. The van der Waals surface area contributed by atoms with Gasteiger partial charge in [-0.1, -0.05) is 121 Å². The molecule has 10 aromatic rings. The Balaban J connectivity index is 1.19. The Labute approximate surface area is 301 Å². The minimum atomic E-state index is 0.848. The molecule has 0 atom stereocenters. The number of fused-ring (bicyclic) bond motifs is 6. The molecule has 0 aliphatic rings. The van der Waals surface area contributed by atoms with E-state index < -0.39 is 0 Å². The van der Waals surface area contributed by atoms with E-state index in [9.17, 15) is 0 Å². The summed E-state index contributed by atoms with van der Waals surface area (Å²) < 4.78 is 6.40. The van der Waals surface area contributed by atoms with Crippen LogP contribution in [0.2, 0.25) is 0 Å². The van der Waals surface area contributed by atoms with E-state index in [2.05, 4.69) is 186 Å². The highest BCUT2D eigenvalue weighted by Crippen LogP contribution is 2.43. The van der Waals surface area contributed by atoms with Crippen molar-refractivity contribution in [3.05, 3.63) is 194 Å². The summed E-state index contributed by atoms with van der Waals surface area (Å²) in [6.07, 6.45) is 3.66. The number of hydrogen-bond acceptors (Lipinski definition) is 3. The number of benzene rings is 8. The summed E-state index contributed by atoms with van der Waals surface area (Å²) in [5.74, 6) is 0. The minimum absolute atomic E-state index is 0.848. The number of anilines is 3. The first kappa shape index (κ1) is 29.9. The fourth-order valence-electron chi connectivity index (χ4n) is 7.57. The summed E-state index contributed by atoms with van der Waals surface area (Å²) in [7, 11) is 0. The van der Waals surface area contributed by atoms with E-state index in [1.807, 2.05) is 12.3 Å². The van der Waals surface area contributed by atoms with Crippen LogP contribution < -0.4 is 4.90 Å². The molecule has 52 heavy (non-hydrogen) atoms. The fourth-order valence-corrected chi connectivity index (χ4v) is 7.57. The van der Waals surface area contributed by atoms with Gasteiger partial charge >= 0.3 is 0 Å². The summed E-state index contributed by atoms with van der Waals surface area (Å²) in [6, 6.07) is 65.3. The highest BCUT2D eigenvalue weighted by molar-refractivity contribution is 6.15. The average molecular weight is 665 g/mol. The molecule has 0 spiro atoms. The molecule has 244 valence electrons. The summed E-state index contributed by atoms with van der Waals surface area (Å²) in [5, 5.41) is 6.74. The molecule has 0 unspecified atom stereocenters. The lowest BCUT2D eigenvalue weighted by molar-refractivity contribution is 0.672. The standard InChI is InChI=1S/C49H32N2O/c1-3-10-33(11-4-1)37-16-9-17-40(29-37)51(41-22-25-44-39(30-41)20-23-45-47-32-50-27-26-48(47)52-49(44)45)42-21-24-43(35-13-5-2-6-14-35)46(31-42)38-19-18-34-12-7-8-15-36(34)28-38/h1-32H. The van der Waals surface area contributed by atoms with E-state index in [4.69, 9.17) is 4.42 Å². The van der Waals surface area contributed by atoms with Gasteiger partial charge in [-0.2, -0.15) is 0 Å². The third-order valence-electron chi connectivity index (χ3n) is 10.1. The van der Waals surface area contributed by atoms with E-state index in [-0.39, 0.29) is 0 Å². The molecule has 3 nitrogen and oxygen atoms in total. The van der Waals surface area contributed by atoms with Gasteiger partial charge in [0.25, 0.3) is 0 Å². The largest absolute Gasteiger partial charge is 0.455 e. The molecule has 0 saturated heterocycles. The maximum atomic E-state index is 6.40. The summed E-state index contributed by atoms with van der Waals surface area (Å²) >= 11 is 0. The van der Waals surface area contributed by atoms with Crippen molar-refractivity contribution in [1.82, 2.24) is 4.98 Å². The zero-order valence-electron chi connectivity index (χ0n) is 28.3. The lowest BCUT2D eigenvalue weighted by Gasteiger charge is -2.27. The minimum Gasteiger partial charge on any atom is -0.455 e. The van der Waals surface area contributed by atoms with Crippen molar-refractivity contribution < 1.29 is 4.42 Å². The van der Waals surface area contributed by atoms with Crippen molar-refractivity contribution in [3.63, 3.8) is 0 Å². The molecule has 0 amide bonds. The molecular weight excluding hydrogens is 633 g/mol. The molecule has 0 aliphatic carbocycles. The van der Waals surface area contributed by atoms with E-state index in [0.717, 1.165) is 55.3 Å². The topological polar surface area (TPSA) is 29.3 Å².